The predicted molar refractivity (Wildman–Crippen MR) is 69.3 cm³/mol. The first kappa shape index (κ1) is 14.5. The Balaban J connectivity index is 3.06. The first-order valence-corrected chi connectivity index (χ1v) is 6.51. The van der Waals surface area contributed by atoms with Crippen LogP contribution in [0.5, 0.6) is 5.75 Å². The van der Waals surface area contributed by atoms with Crippen LogP contribution < -0.4 is 10.5 Å². The van der Waals surface area contributed by atoms with Gasteiger partial charge < -0.3 is 15.6 Å². The molecular weight excluding hydrogens is 254 g/mol. The van der Waals surface area contributed by atoms with Gasteiger partial charge in [0.05, 0.1) is 0 Å². The quantitative estimate of drug-likeness (QED) is 0.830. The normalized spacial score (nSPS) is 12.4. The summed E-state index contributed by atoms with van der Waals surface area (Å²) in [5.74, 6) is -1.21. The number of nitrogens with two attached hydrogens (primary N) is 1. The number of ether oxygens (including phenoxy) is 1. The van der Waals surface area contributed by atoms with Crippen LogP contribution in [0.25, 0.3) is 0 Å². The van der Waals surface area contributed by atoms with Crippen molar-refractivity contribution in [3.05, 3.63) is 15.8 Å². The van der Waals surface area contributed by atoms with E-state index in [1.807, 2.05) is 13.8 Å². The van der Waals surface area contributed by atoms with Crippen molar-refractivity contribution in [3.8, 4) is 5.75 Å². The van der Waals surface area contributed by atoms with E-state index in [0.29, 0.717) is 6.42 Å². The maximum atomic E-state index is 11.1. The summed E-state index contributed by atoms with van der Waals surface area (Å²) in [6.07, 6.45) is -0.390. The van der Waals surface area contributed by atoms with Crippen LogP contribution in [0.2, 0.25) is 0 Å². The zero-order valence-corrected chi connectivity index (χ0v) is 11.4. The summed E-state index contributed by atoms with van der Waals surface area (Å²) in [7, 11) is 0. The molecule has 1 unspecified atom stereocenters. The zero-order chi connectivity index (χ0) is 13.9. The number of carboxylic acids is 1. The Bertz CT molecular complexity index is 453. The first-order chi connectivity index (χ1) is 8.36. The number of rotatable bonds is 6. The Morgan fingerprint density at radius 1 is 1.50 bits per heavy atom. The minimum atomic E-state index is -1.05. The zero-order valence-electron chi connectivity index (χ0n) is 10.6. The number of amides is 1. The molecule has 3 N–H and O–H groups in total. The first-order valence-electron chi connectivity index (χ1n) is 5.69. The minimum Gasteiger partial charge on any atom is -0.479 e. The highest BCUT2D eigenvalue weighted by atomic mass is 32.1. The third-order valence-corrected chi connectivity index (χ3v) is 3.84. The average molecular weight is 271 g/mol. The second-order valence-corrected chi connectivity index (χ2v) is 5.30. The van der Waals surface area contributed by atoms with Crippen molar-refractivity contribution in [1.29, 1.82) is 0 Å². The molecule has 0 aliphatic heterocycles. The van der Waals surface area contributed by atoms with E-state index in [1.54, 1.807) is 13.0 Å². The lowest BCUT2D eigenvalue weighted by Gasteiger charge is -2.13. The molecule has 0 spiro atoms. The standard InChI is InChI=1S/C12H17NO4S/c1-4-7(11(13)14)17-8-5-9(6(2)3)18-10(8)12(15)16/h5-7H,4H2,1-3H3,(H2,13,14)(H,15,16). The van der Waals surface area contributed by atoms with Crippen molar-refractivity contribution < 1.29 is 19.4 Å². The monoisotopic (exact) mass is 271 g/mol. The van der Waals surface area contributed by atoms with Crippen LogP contribution in [0.3, 0.4) is 0 Å². The van der Waals surface area contributed by atoms with E-state index in [1.165, 1.54) is 0 Å². The molecule has 0 aromatic carbocycles. The van der Waals surface area contributed by atoms with Gasteiger partial charge in [0, 0.05) is 4.88 Å². The Morgan fingerprint density at radius 2 is 2.11 bits per heavy atom. The third-order valence-electron chi connectivity index (χ3n) is 2.44. The van der Waals surface area contributed by atoms with Crippen LogP contribution >= 0.6 is 11.3 Å². The molecule has 1 rings (SSSR count). The van der Waals surface area contributed by atoms with Gasteiger partial charge in [0.15, 0.2) is 11.0 Å². The summed E-state index contributed by atoms with van der Waals surface area (Å²) in [4.78, 5) is 23.2. The largest absolute Gasteiger partial charge is 0.479 e. The van der Waals surface area contributed by atoms with Gasteiger partial charge >= 0.3 is 5.97 Å². The van der Waals surface area contributed by atoms with Gasteiger partial charge in [-0.25, -0.2) is 4.79 Å². The molecule has 100 valence electrons. The number of carboxylic acid groups (broad SMARTS) is 1. The van der Waals surface area contributed by atoms with Crippen molar-refractivity contribution in [2.45, 2.75) is 39.2 Å². The van der Waals surface area contributed by atoms with E-state index in [2.05, 4.69) is 0 Å². The molecular formula is C12H17NO4S. The summed E-state index contributed by atoms with van der Waals surface area (Å²) in [5, 5.41) is 9.10. The minimum absolute atomic E-state index is 0.110. The van der Waals surface area contributed by atoms with Gasteiger partial charge in [0.2, 0.25) is 0 Å². The Kier molecular flexibility index (Phi) is 4.72. The molecule has 18 heavy (non-hydrogen) atoms. The van der Waals surface area contributed by atoms with E-state index < -0.39 is 18.0 Å². The maximum Gasteiger partial charge on any atom is 0.349 e. The van der Waals surface area contributed by atoms with Crippen LogP contribution in [0.1, 0.15) is 47.7 Å². The smallest absolute Gasteiger partial charge is 0.349 e. The van der Waals surface area contributed by atoms with Gasteiger partial charge in [-0.3, -0.25) is 4.79 Å². The number of carbonyl (C=O) groups excluding carboxylic acids is 1. The molecule has 1 atom stereocenters. The average Bonchev–Trinajstić information content (AvgIpc) is 2.69. The summed E-state index contributed by atoms with van der Waals surface area (Å²) < 4.78 is 5.40. The molecule has 5 nitrogen and oxygen atoms in total. The highest BCUT2D eigenvalue weighted by Crippen LogP contribution is 2.34. The van der Waals surface area contributed by atoms with E-state index in [-0.39, 0.29) is 16.5 Å². The Labute approximate surface area is 110 Å². The predicted octanol–water partition coefficient (Wildman–Crippen LogP) is 2.21. The number of primary amides is 1. The van der Waals surface area contributed by atoms with Crippen molar-refractivity contribution in [3.63, 3.8) is 0 Å². The molecule has 1 amide bonds. The molecule has 0 bridgehead atoms. The fourth-order valence-corrected chi connectivity index (χ4v) is 2.34. The van der Waals surface area contributed by atoms with Crippen LogP contribution in [-0.4, -0.2) is 23.1 Å². The summed E-state index contributed by atoms with van der Waals surface area (Å²) in [6.45, 7) is 5.69. The lowest BCUT2D eigenvalue weighted by Crippen LogP contribution is -2.33. The van der Waals surface area contributed by atoms with Gasteiger partial charge in [-0.15, -0.1) is 11.3 Å². The van der Waals surface area contributed by atoms with Crippen LogP contribution in [0.4, 0.5) is 0 Å². The number of hydrogen-bond acceptors (Lipinski definition) is 4. The second kappa shape index (κ2) is 5.86. The van der Waals surface area contributed by atoms with Gasteiger partial charge in [0.1, 0.15) is 5.75 Å². The molecule has 1 aromatic rings. The van der Waals surface area contributed by atoms with Gasteiger partial charge in [-0.2, -0.15) is 0 Å². The van der Waals surface area contributed by atoms with E-state index in [9.17, 15) is 9.59 Å². The van der Waals surface area contributed by atoms with Gasteiger partial charge in [-0.05, 0) is 18.4 Å². The molecule has 0 aliphatic rings. The fraction of sp³-hybridized carbons (Fsp3) is 0.500. The van der Waals surface area contributed by atoms with Gasteiger partial charge in [-0.1, -0.05) is 20.8 Å². The molecule has 6 heteroatoms. The Hall–Kier alpha value is -1.56. The maximum absolute atomic E-state index is 11.1. The molecule has 0 saturated heterocycles. The molecule has 0 fully saturated rings. The lowest BCUT2D eigenvalue weighted by molar-refractivity contribution is -0.124. The second-order valence-electron chi connectivity index (χ2n) is 4.22. The number of aromatic carboxylic acids is 1. The molecule has 1 aromatic heterocycles. The van der Waals surface area contributed by atoms with Crippen LogP contribution in [0, 0.1) is 0 Å². The van der Waals surface area contributed by atoms with E-state index >= 15 is 0 Å². The topological polar surface area (TPSA) is 89.6 Å². The van der Waals surface area contributed by atoms with E-state index in [4.69, 9.17) is 15.6 Å². The Morgan fingerprint density at radius 3 is 2.50 bits per heavy atom. The van der Waals surface area contributed by atoms with Crippen molar-refractivity contribution in [2.75, 3.05) is 0 Å². The van der Waals surface area contributed by atoms with Crippen LogP contribution in [0.15, 0.2) is 6.07 Å². The number of hydrogen-bond donors (Lipinski definition) is 2. The summed E-state index contributed by atoms with van der Waals surface area (Å²) in [5.41, 5.74) is 5.18. The number of carbonyl (C=O) groups is 2. The highest BCUT2D eigenvalue weighted by molar-refractivity contribution is 7.14. The summed E-state index contributed by atoms with van der Waals surface area (Å²) >= 11 is 1.16. The van der Waals surface area contributed by atoms with Gasteiger partial charge in [0.25, 0.3) is 5.91 Å². The third kappa shape index (κ3) is 3.22. The molecule has 0 saturated carbocycles. The van der Waals surface area contributed by atoms with Crippen molar-refractivity contribution >= 4 is 23.2 Å². The highest BCUT2D eigenvalue weighted by Gasteiger charge is 2.22. The van der Waals surface area contributed by atoms with Crippen molar-refractivity contribution in [2.24, 2.45) is 5.73 Å². The van der Waals surface area contributed by atoms with Crippen molar-refractivity contribution in [1.82, 2.24) is 0 Å². The SMILES string of the molecule is CCC(Oc1cc(C(C)C)sc1C(=O)O)C(N)=O. The lowest BCUT2D eigenvalue weighted by atomic mass is 10.2. The number of thiophene rings is 1. The fourth-order valence-electron chi connectivity index (χ4n) is 1.41. The molecule has 0 radical (unpaired) electrons. The molecule has 0 aliphatic carbocycles. The molecule has 1 heterocycles. The summed E-state index contributed by atoms with van der Waals surface area (Å²) in [6, 6.07) is 1.67. The van der Waals surface area contributed by atoms with E-state index in [0.717, 1.165) is 16.2 Å². The van der Waals surface area contributed by atoms with Crippen LogP contribution in [-0.2, 0) is 4.79 Å².